The van der Waals surface area contributed by atoms with E-state index in [0.29, 0.717) is 0 Å². The molecule has 0 radical (unpaired) electrons. The van der Waals surface area contributed by atoms with Crippen molar-refractivity contribution in [3.05, 3.63) is 0 Å². The van der Waals surface area contributed by atoms with Crippen LogP contribution in [0.3, 0.4) is 0 Å². The lowest BCUT2D eigenvalue weighted by Gasteiger charge is -2.17. The summed E-state index contributed by atoms with van der Waals surface area (Å²) >= 11 is 0. The predicted octanol–water partition coefficient (Wildman–Crippen LogP) is 0.473. The van der Waals surface area contributed by atoms with Crippen LogP contribution in [0.15, 0.2) is 0 Å². The third-order valence-corrected chi connectivity index (χ3v) is 1.83. The maximum atomic E-state index is 12.1. The molecule has 0 fully saturated rings. The zero-order chi connectivity index (χ0) is 9.94. The number of halogens is 4. The van der Waals surface area contributed by atoms with Crippen molar-refractivity contribution in [1.29, 1.82) is 0 Å². The molecule has 0 bridgehead atoms. The Kier molecular flexibility index (Phi) is 3.91. The Morgan fingerprint density at radius 2 is 1.67 bits per heavy atom. The third-order valence-electron chi connectivity index (χ3n) is 1.02. The van der Waals surface area contributed by atoms with Crippen molar-refractivity contribution in [1.82, 2.24) is 0 Å². The van der Waals surface area contributed by atoms with Gasteiger partial charge in [0.15, 0.2) is 12.3 Å². The van der Waals surface area contributed by atoms with E-state index in [-0.39, 0.29) is 0 Å². The van der Waals surface area contributed by atoms with Crippen molar-refractivity contribution in [2.75, 3.05) is 6.67 Å². The molecule has 3 unspecified atom stereocenters. The maximum absolute atomic E-state index is 12.1. The number of hydrogen-bond donors (Lipinski definition) is 0. The van der Waals surface area contributed by atoms with Crippen molar-refractivity contribution in [2.45, 2.75) is 17.8 Å². The highest BCUT2D eigenvalue weighted by molar-refractivity contribution is 7.86. The predicted molar refractivity (Wildman–Crippen MR) is 30.4 cm³/mol. The largest absolute Gasteiger partial charge is 0.746 e. The first kappa shape index (κ1) is 11.6. The first-order valence-corrected chi connectivity index (χ1v) is 4.20. The monoisotopic (exact) mass is 209 g/mol. The first-order chi connectivity index (χ1) is 5.30. The van der Waals surface area contributed by atoms with Gasteiger partial charge in [0.25, 0.3) is 0 Å². The minimum Gasteiger partial charge on any atom is -0.746 e. The zero-order valence-corrected chi connectivity index (χ0v) is 6.40. The number of hydrogen-bond acceptors (Lipinski definition) is 3. The Bertz CT molecular complexity index is 228. The standard InChI is InChI=1S/C4H6F4O3S/c5-1-2(6)3(7)4(8)12(9,10)11/h2-4H,1H2,(H,9,10,11)/p-1. The van der Waals surface area contributed by atoms with Crippen LogP contribution in [0.25, 0.3) is 0 Å². The molecule has 0 N–H and O–H groups in total. The minimum atomic E-state index is -5.56. The van der Waals surface area contributed by atoms with Crippen molar-refractivity contribution < 1.29 is 30.5 Å². The summed E-state index contributed by atoms with van der Waals surface area (Å²) in [5.74, 6) is 0. The van der Waals surface area contributed by atoms with Crippen molar-refractivity contribution in [3.8, 4) is 0 Å². The molecule has 0 heterocycles. The molecule has 3 atom stereocenters. The fourth-order valence-corrected chi connectivity index (χ4v) is 0.897. The molecule has 74 valence electrons. The van der Waals surface area contributed by atoms with Crippen LogP contribution in [0.1, 0.15) is 0 Å². The van der Waals surface area contributed by atoms with Gasteiger partial charge in [0.1, 0.15) is 16.8 Å². The summed E-state index contributed by atoms with van der Waals surface area (Å²) in [5.41, 5.74) is -3.55. The SMILES string of the molecule is O=S(=O)([O-])C(F)C(F)C(F)CF. The van der Waals surface area contributed by atoms with E-state index >= 15 is 0 Å². The maximum Gasteiger partial charge on any atom is 0.223 e. The summed E-state index contributed by atoms with van der Waals surface area (Å²) in [6.07, 6.45) is -6.19. The second-order valence-electron chi connectivity index (χ2n) is 1.96. The van der Waals surface area contributed by atoms with Crippen molar-refractivity contribution in [3.63, 3.8) is 0 Å². The van der Waals surface area contributed by atoms with E-state index in [2.05, 4.69) is 0 Å². The van der Waals surface area contributed by atoms with E-state index in [4.69, 9.17) is 0 Å². The number of alkyl halides is 4. The van der Waals surface area contributed by atoms with E-state index in [1.54, 1.807) is 0 Å². The molecule has 0 spiro atoms. The molecule has 0 saturated heterocycles. The quantitative estimate of drug-likeness (QED) is 0.499. The van der Waals surface area contributed by atoms with Gasteiger partial charge in [0.2, 0.25) is 5.50 Å². The third kappa shape index (κ3) is 2.94. The highest BCUT2D eigenvalue weighted by Gasteiger charge is 2.34. The van der Waals surface area contributed by atoms with E-state index in [1.165, 1.54) is 0 Å². The minimum absolute atomic E-state index is 1.88. The van der Waals surface area contributed by atoms with Crippen LogP contribution in [-0.4, -0.2) is 37.5 Å². The average Bonchev–Trinajstić information content (AvgIpc) is 1.98. The van der Waals surface area contributed by atoms with Gasteiger partial charge in [-0.15, -0.1) is 0 Å². The molecule has 3 nitrogen and oxygen atoms in total. The highest BCUT2D eigenvalue weighted by Crippen LogP contribution is 2.16. The average molecular weight is 209 g/mol. The van der Waals surface area contributed by atoms with Crippen LogP contribution < -0.4 is 0 Å². The highest BCUT2D eigenvalue weighted by atomic mass is 32.2. The number of rotatable bonds is 4. The normalized spacial score (nSPS) is 20.1. The van der Waals surface area contributed by atoms with E-state index in [1.807, 2.05) is 0 Å². The van der Waals surface area contributed by atoms with Gasteiger partial charge in [-0.3, -0.25) is 0 Å². The Morgan fingerprint density at radius 1 is 1.25 bits per heavy atom. The van der Waals surface area contributed by atoms with Crippen LogP contribution in [-0.2, 0) is 10.1 Å². The Morgan fingerprint density at radius 3 is 1.92 bits per heavy atom. The summed E-state index contributed by atoms with van der Waals surface area (Å²) in [6.45, 7) is -1.88. The van der Waals surface area contributed by atoms with Crippen LogP contribution in [0, 0.1) is 0 Å². The van der Waals surface area contributed by atoms with Crippen LogP contribution >= 0.6 is 0 Å². The lowest BCUT2D eigenvalue weighted by molar-refractivity contribution is 0.0944. The van der Waals surface area contributed by atoms with Crippen LogP contribution in [0.2, 0.25) is 0 Å². The molecule has 0 aliphatic rings. The molecule has 0 rings (SSSR count). The van der Waals surface area contributed by atoms with Gasteiger partial charge >= 0.3 is 0 Å². The topological polar surface area (TPSA) is 57.2 Å². The van der Waals surface area contributed by atoms with Gasteiger partial charge in [-0.25, -0.2) is 26.0 Å². The molecule has 0 aliphatic heterocycles. The molecule has 0 aromatic rings. The molecule has 0 aromatic heterocycles. The molecular formula is C4H5F4O3S-. The summed E-state index contributed by atoms with van der Waals surface area (Å²) in [6, 6.07) is 0. The van der Waals surface area contributed by atoms with Gasteiger partial charge in [0, 0.05) is 0 Å². The van der Waals surface area contributed by atoms with Gasteiger partial charge in [-0.2, -0.15) is 0 Å². The molecular weight excluding hydrogens is 204 g/mol. The Labute approximate surface area is 66.1 Å². The van der Waals surface area contributed by atoms with Gasteiger partial charge in [-0.05, 0) is 0 Å². The Balaban J connectivity index is 4.40. The lowest BCUT2D eigenvalue weighted by atomic mass is 10.3. The van der Waals surface area contributed by atoms with Crippen molar-refractivity contribution in [2.24, 2.45) is 0 Å². The molecule has 8 heteroatoms. The second kappa shape index (κ2) is 4.04. The summed E-state index contributed by atoms with van der Waals surface area (Å²) < 4.78 is 76.6. The molecule has 0 aromatic carbocycles. The first-order valence-electron chi connectivity index (χ1n) is 2.73. The molecule has 12 heavy (non-hydrogen) atoms. The Hall–Kier alpha value is -0.370. The molecule has 0 amide bonds. The van der Waals surface area contributed by atoms with Gasteiger partial charge in [-0.1, -0.05) is 0 Å². The zero-order valence-electron chi connectivity index (χ0n) is 5.58. The van der Waals surface area contributed by atoms with Crippen molar-refractivity contribution >= 4 is 10.1 Å². The summed E-state index contributed by atoms with van der Waals surface area (Å²) in [7, 11) is -5.56. The molecule has 0 aliphatic carbocycles. The van der Waals surface area contributed by atoms with Crippen LogP contribution in [0.5, 0.6) is 0 Å². The van der Waals surface area contributed by atoms with E-state index in [9.17, 15) is 30.5 Å². The molecule has 0 saturated carbocycles. The smallest absolute Gasteiger partial charge is 0.223 e. The van der Waals surface area contributed by atoms with Gasteiger partial charge < -0.3 is 4.55 Å². The summed E-state index contributed by atoms with van der Waals surface area (Å²) in [5, 5.41) is 0. The fraction of sp³-hybridized carbons (Fsp3) is 1.00. The lowest BCUT2D eigenvalue weighted by Crippen LogP contribution is -2.35. The fourth-order valence-electron chi connectivity index (χ4n) is 0.409. The second-order valence-corrected chi connectivity index (χ2v) is 3.39. The van der Waals surface area contributed by atoms with E-state index < -0.39 is 34.6 Å². The summed E-state index contributed by atoms with van der Waals surface area (Å²) in [4.78, 5) is 0. The van der Waals surface area contributed by atoms with Crippen LogP contribution in [0.4, 0.5) is 17.6 Å². The van der Waals surface area contributed by atoms with E-state index in [0.717, 1.165) is 0 Å². The van der Waals surface area contributed by atoms with Gasteiger partial charge in [0.05, 0.1) is 0 Å².